The second kappa shape index (κ2) is 20.0. The number of carbonyl (C=O) groups is 1. The molecule has 0 saturated carbocycles. The molecule has 0 amide bonds. The fraction of sp³-hybridized carbons (Fsp3) is 0.688. The van der Waals surface area contributed by atoms with Crippen molar-refractivity contribution in [1.29, 1.82) is 0 Å². The van der Waals surface area contributed by atoms with Crippen molar-refractivity contribution in [2.75, 3.05) is 0 Å². The zero-order valence-corrected chi connectivity index (χ0v) is 43.7. The standard InChI is InChI=1S/C48H84O6Si4/c1-18-57(19-2,20-3)52-39(31-37(4)36-55(13,14)15)34-43-48(11,12)44(54-56(16,17)46(5,6)7)33-38(51-43)32-40(35-45(49)50)53-58(47(8,9)10,41-27-23-21-24-28-41)42-29-25-22-26-30-42/h21-30,38-40,43-44H,4,18-20,31-36H2,1-3,5-17H3,(H,49,50)/t38-,39+,40-,43+,44+/m1/s1. The number of aliphatic carboxylic acids is 1. The lowest BCUT2D eigenvalue weighted by molar-refractivity contribution is -0.184. The van der Waals surface area contributed by atoms with Crippen LogP contribution in [0.15, 0.2) is 72.8 Å². The lowest BCUT2D eigenvalue weighted by Gasteiger charge is -2.53. The molecule has 0 aliphatic carbocycles. The predicted octanol–water partition coefficient (Wildman–Crippen LogP) is 12.4. The first-order chi connectivity index (χ1) is 26.6. The highest BCUT2D eigenvalue weighted by Gasteiger charge is 2.54. The van der Waals surface area contributed by atoms with Gasteiger partial charge in [-0.25, -0.2) is 0 Å². The van der Waals surface area contributed by atoms with Crippen LogP contribution in [0.3, 0.4) is 0 Å². The lowest BCUT2D eigenvalue weighted by Crippen LogP contribution is -2.68. The molecular weight excluding hydrogens is 785 g/mol. The molecule has 0 aromatic heterocycles. The maximum atomic E-state index is 12.8. The number of carboxylic acid groups (broad SMARTS) is 1. The molecule has 0 radical (unpaired) electrons. The molecule has 1 fully saturated rings. The van der Waals surface area contributed by atoms with E-state index in [-0.39, 0.29) is 46.3 Å². The zero-order valence-electron chi connectivity index (χ0n) is 39.7. The summed E-state index contributed by atoms with van der Waals surface area (Å²) >= 11 is 0. The Bertz CT molecular complexity index is 1540. The van der Waals surface area contributed by atoms with E-state index in [0.717, 1.165) is 47.4 Å². The van der Waals surface area contributed by atoms with Crippen molar-refractivity contribution in [1.82, 2.24) is 0 Å². The minimum absolute atomic E-state index is 0.00455. The molecule has 3 rings (SSSR count). The van der Waals surface area contributed by atoms with E-state index in [0.29, 0.717) is 12.8 Å². The Balaban J connectivity index is 2.17. The van der Waals surface area contributed by atoms with E-state index < -0.39 is 45.1 Å². The molecule has 10 heteroatoms. The summed E-state index contributed by atoms with van der Waals surface area (Å²) in [6.07, 6.45) is 1.55. The van der Waals surface area contributed by atoms with Gasteiger partial charge in [-0.3, -0.25) is 4.79 Å². The van der Waals surface area contributed by atoms with Gasteiger partial charge in [0.05, 0.1) is 36.9 Å². The van der Waals surface area contributed by atoms with Gasteiger partial charge in [-0.05, 0) is 83.4 Å². The lowest BCUT2D eigenvalue weighted by atomic mass is 9.73. The highest BCUT2D eigenvalue weighted by molar-refractivity contribution is 6.99. The van der Waals surface area contributed by atoms with Gasteiger partial charge < -0.3 is 23.1 Å². The van der Waals surface area contributed by atoms with Crippen molar-refractivity contribution in [2.24, 2.45) is 5.41 Å². The Morgan fingerprint density at radius 1 is 0.793 bits per heavy atom. The average molecular weight is 870 g/mol. The van der Waals surface area contributed by atoms with Crippen molar-refractivity contribution in [2.45, 2.75) is 206 Å². The van der Waals surface area contributed by atoms with Crippen molar-refractivity contribution in [3.8, 4) is 0 Å². The van der Waals surface area contributed by atoms with E-state index >= 15 is 0 Å². The zero-order chi connectivity index (χ0) is 44.0. The normalized spacial score (nSPS) is 20.7. The fourth-order valence-electron chi connectivity index (χ4n) is 8.97. The van der Waals surface area contributed by atoms with Crippen molar-refractivity contribution in [3.63, 3.8) is 0 Å². The maximum absolute atomic E-state index is 12.8. The third-order valence-corrected chi connectivity index (χ3v) is 29.4. The Hall–Kier alpha value is -1.64. The molecule has 5 atom stereocenters. The number of rotatable bonds is 21. The quantitative estimate of drug-likeness (QED) is 0.0995. The molecule has 328 valence electrons. The Morgan fingerprint density at radius 3 is 1.69 bits per heavy atom. The number of benzene rings is 2. The van der Waals surface area contributed by atoms with Crippen LogP contribution in [0.1, 0.15) is 108 Å². The molecule has 1 heterocycles. The van der Waals surface area contributed by atoms with Crippen LogP contribution in [0.25, 0.3) is 0 Å². The molecule has 0 bridgehead atoms. The van der Waals surface area contributed by atoms with Crippen LogP contribution in [0.4, 0.5) is 0 Å². The fourth-order valence-corrected chi connectivity index (χ4v) is 19.7. The molecule has 0 unspecified atom stereocenters. The van der Waals surface area contributed by atoms with E-state index in [2.05, 4.69) is 164 Å². The van der Waals surface area contributed by atoms with Gasteiger partial charge in [0.25, 0.3) is 8.32 Å². The highest BCUT2D eigenvalue weighted by Crippen LogP contribution is 2.48. The van der Waals surface area contributed by atoms with Crippen LogP contribution in [0, 0.1) is 5.41 Å². The van der Waals surface area contributed by atoms with Crippen LogP contribution in [0.5, 0.6) is 0 Å². The third kappa shape index (κ3) is 12.9. The second-order valence-corrected chi connectivity index (χ2v) is 41.0. The first-order valence-electron chi connectivity index (χ1n) is 22.3. The topological polar surface area (TPSA) is 74.2 Å². The summed E-state index contributed by atoms with van der Waals surface area (Å²) in [6.45, 7) is 41.8. The van der Waals surface area contributed by atoms with Gasteiger partial charge in [0.2, 0.25) is 0 Å². The first-order valence-corrected chi connectivity index (χ1v) is 33.4. The summed E-state index contributed by atoms with van der Waals surface area (Å²) in [5.74, 6) is -0.862. The van der Waals surface area contributed by atoms with Gasteiger partial charge in [-0.2, -0.15) is 0 Å². The first kappa shape index (κ1) is 50.7. The van der Waals surface area contributed by atoms with Crippen LogP contribution in [-0.4, -0.2) is 74.6 Å². The molecular formula is C48H84O6Si4. The summed E-state index contributed by atoms with van der Waals surface area (Å²) < 4.78 is 29.8. The summed E-state index contributed by atoms with van der Waals surface area (Å²) in [5, 5.41) is 12.5. The molecule has 1 N–H and O–H groups in total. The van der Waals surface area contributed by atoms with E-state index in [1.807, 2.05) is 12.1 Å². The van der Waals surface area contributed by atoms with Crippen LogP contribution >= 0.6 is 0 Å². The largest absolute Gasteiger partial charge is 0.481 e. The summed E-state index contributed by atoms with van der Waals surface area (Å²) in [4.78, 5) is 12.8. The van der Waals surface area contributed by atoms with E-state index in [1.54, 1.807) is 0 Å². The molecule has 1 aliphatic rings. The number of carboxylic acids is 1. The molecule has 2 aromatic rings. The SMILES string of the molecule is C=C(C[C@@H](C[C@@H]1O[C@H](C[C@H](CC(=O)O)O[Si](c2ccccc2)(c2ccccc2)C(C)(C)C)C[C@H](O[Si](C)(C)C(C)(C)C)C1(C)C)O[Si](CC)(CC)CC)C[Si](C)(C)C. The number of hydrogen-bond donors (Lipinski definition) is 1. The van der Waals surface area contributed by atoms with Crippen LogP contribution in [-0.2, 0) is 22.8 Å². The molecule has 2 aromatic carbocycles. The monoisotopic (exact) mass is 869 g/mol. The Morgan fingerprint density at radius 2 is 1.28 bits per heavy atom. The number of ether oxygens (including phenoxy) is 1. The number of hydrogen-bond acceptors (Lipinski definition) is 5. The molecule has 1 aliphatic heterocycles. The molecule has 58 heavy (non-hydrogen) atoms. The van der Waals surface area contributed by atoms with Gasteiger partial charge in [0, 0.05) is 13.5 Å². The Kier molecular flexibility index (Phi) is 17.5. The average Bonchev–Trinajstić information content (AvgIpc) is 3.10. The van der Waals surface area contributed by atoms with Crippen molar-refractivity contribution < 1.29 is 27.9 Å². The predicted molar refractivity (Wildman–Crippen MR) is 257 cm³/mol. The highest BCUT2D eigenvalue weighted by atomic mass is 28.4. The minimum atomic E-state index is -3.06. The summed E-state index contributed by atoms with van der Waals surface area (Å²) in [7, 11) is -8.63. The van der Waals surface area contributed by atoms with Crippen molar-refractivity contribution in [3.05, 3.63) is 72.8 Å². The third-order valence-electron chi connectivity index (χ3n) is 13.5. The molecule has 0 spiro atoms. The van der Waals surface area contributed by atoms with Gasteiger partial charge in [0.15, 0.2) is 16.6 Å². The van der Waals surface area contributed by atoms with Crippen molar-refractivity contribution >= 4 is 49.4 Å². The van der Waals surface area contributed by atoms with E-state index in [4.69, 9.17) is 18.0 Å². The minimum Gasteiger partial charge on any atom is -0.481 e. The molecule has 1 saturated heterocycles. The smallest absolute Gasteiger partial charge is 0.305 e. The van der Waals surface area contributed by atoms with Gasteiger partial charge in [0.1, 0.15) is 0 Å². The second-order valence-electron chi connectivity index (χ2n) is 21.8. The van der Waals surface area contributed by atoms with Crippen LogP contribution in [0.2, 0.25) is 67.0 Å². The van der Waals surface area contributed by atoms with Gasteiger partial charge in [-0.1, -0.05) is 162 Å². The maximum Gasteiger partial charge on any atom is 0.305 e. The van der Waals surface area contributed by atoms with E-state index in [9.17, 15) is 9.90 Å². The van der Waals surface area contributed by atoms with Crippen LogP contribution < -0.4 is 10.4 Å². The molecule has 6 nitrogen and oxygen atoms in total. The van der Waals surface area contributed by atoms with Gasteiger partial charge >= 0.3 is 5.97 Å². The Labute approximate surface area is 359 Å². The summed E-state index contributed by atoms with van der Waals surface area (Å²) in [6, 6.07) is 25.4. The summed E-state index contributed by atoms with van der Waals surface area (Å²) in [5.41, 5.74) is 0.971. The van der Waals surface area contributed by atoms with E-state index in [1.165, 1.54) is 5.57 Å². The van der Waals surface area contributed by atoms with Gasteiger partial charge in [-0.15, -0.1) is 6.58 Å².